The molecule has 1 N–H and O–H groups in total. The summed E-state index contributed by atoms with van der Waals surface area (Å²) in [7, 11) is 3.85. The van der Waals surface area contributed by atoms with E-state index in [0.717, 1.165) is 17.7 Å². The van der Waals surface area contributed by atoms with Gasteiger partial charge in [0, 0.05) is 37.5 Å². The summed E-state index contributed by atoms with van der Waals surface area (Å²) in [6, 6.07) is 4.71. The van der Waals surface area contributed by atoms with Crippen molar-refractivity contribution in [3.05, 3.63) is 53.1 Å². The second-order valence-electron chi connectivity index (χ2n) is 5.00. The number of hydrogen-bond acceptors (Lipinski definition) is 3. The third-order valence-corrected chi connectivity index (χ3v) is 2.93. The fourth-order valence-electron chi connectivity index (χ4n) is 2.19. The molecule has 0 fully saturated rings. The molecule has 0 spiro atoms. The van der Waals surface area contributed by atoms with E-state index in [9.17, 15) is 4.39 Å². The second-order valence-corrected chi connectivity index (χ2v) is 5.00. The van der Waals surface area contributed by atoms with Crippen LogP contribution in [-0.2, 0) is 20.1 Å². The summed E-state index contributed by atoms with van der Waals surface area (Å²) in [6.45, 7) is 1.12. The maximum atomic E-state index is 13.6. The summed E-state index contributed by atoms with van der Waals surface area (Å²) in [5.41, 5.74) is 2.54. The van der Waals surface area contributed by atoms with Crippen molar-refractivity contribution < 1.29 is 9.50 Å². The van der Waals surface area contributed by atoms with E-state index in [0.29, 0.717) is 12.1 Å². The van der Waals surface area contributed by atoms with Crippen molar-refractivity contribution in [3.8, 4) is 11.8 Å². The van der Waals surface area contributed by atoms with Gasteiger partial charge in [-0.15, -0.1) is 0 Å². The van der Waals surface area contributed by atoms with Crippen LogP contribution in [0.5, 0.6) is 0 Å². The Balaban J connectivity index is 2.06. The van der Waals surface area contributed by atoms with Crippen LogP contribution in [-0.4, -0.2) is 33.4 Å². The summed E-state index contributed by atoms with van der Waals surface area (Å²) in [6.07, 6.45) is 3.78. The molecule has 0 aliphatic rings. The molecule has 0 bridgehead atoms. The van der Waals surface area contributed by atoms with E-state index in [2.05, 4.69) is 21.8 Å². The van der Waals surface area contributed by atoms with Crippen molar-refractivity contribution in [2.24, 2.45) is 7.05 Å². The summed E-state index contributed by atoms with van der Waals surface area (Å²) in [4.78, 5) is 2.08. The van der Waals surface area contributed by atoms with E-state index in [1.54, 1.807) is 4.68 Å². The topological polar surface area (TPSA) is 41.3 Å². The predicted molar refractivity (Wildman–Crippen MR) is 78.7 cm³/mol. The summed E-state index contributed by atoms with van der Waals surface area (Å²) >= 11 is 0. The Kier molecular flexibility index (Phi) is 5.09. The molecule has 4 nitrogen and oxygen atoms in total. The van der Waals surface area contributed by atoms with E-state index < -0.39 is 0 Å². The van der Waals surface area contributed by atoms with Gasteiger partial charge in [0.05, 0.1) is 6.20 Å². The van der Waals surface area contributed by atoms with Crippen molar-refractivity contribution in [3.63, 3.8) is 0 Å². The zero-order valence-corrected chi connectivity index (χ0v) is 12.2. The number of aryl methyl sites for hydroxylation is 1. The smallest absolute Gasteiger partial charge is 0.124 e. The number of aliphatic hydroxyl groups is 1. The Bertz CT molecular complexity index is 670. The first-order chi connectivity index (χ1) is 10.1. The maximum Gasteiger partial charge on any atom is 0.124 e. The Morgan fingerprint density at radius 3 is 2.71 bits per heavy atom. The molecule has 5 heteroatoms. The highest BCUT2D eigenvalue weighted by atomic mass is 19.1. The van der Waals surface area contributed by atoms with Crippen LogP contribution in [0.15, 0.2) is 30.6 Å². The molecular weight excluding hydrogens is 269 g/mol. The molecule has 0 aliphatic heterocycles. The highest BCUT2D eigenvalue weighted by Gasteiger charge is 2.06. The molecule has 1 aromatic carbocycles. The van der Waals surface area contributed by atoms with Crippen molar-refractivity contribution in [1.29, 1.82) is 0 Å². The lowest BCUT2D eigenvalue weighted by Crippen LogP contribution is -2.17. The lowest BCUT2D eigenvalue weighted by atomic mass is 10.1. The minimum Gasteiger partial charge on any atom is -0.384 e. The SMILES string of the molecule is CN(Cc1cc(F)cc(C#CCO)c1)Cc1cnn(C)c1. The monoisotopic (exact) mass is 287 g/mol. The first-order valence-electron chi connectivity index (χ1n) is 6.62. The van der Waals surface area contributed by atoms with Gasteiger partial charge in [-0.1, -0.05) is 11.8 Å². The Hall–Kier alpha value is -2.16. The molecule has 2 aromatic rings. The van der Waals surface area contributed by atoms with Crippen LogP contribution in [0.1, 0.15) is 16.7 Å². The summed E-state index contributed by atoms with van der Waals surface area (Å²) in [5, 5.41) is 12.8. The first-order valence-corrected chi connectivity index (χ1v) is 6.62. The van der Waals surface area contributed by atoms with Crippen LogP contribution in [0.3, 0.4) is 0 Å². The van der Waals surface area contributed by atoms with Gasteiger partial charge in [-0.3, -0.25) is 9.58 Å². The third-order valence-electron chi connectivity index (χ3n) is 2.93. The van der Waals surface area contributed by atoms with Crippen molar-refractivity contribution in [2.45, 2.75) is 13.1 Å². The minimum absolute atomic E-state index is 0.229. The number of rotatable bonds is 4. The van der Waals surface area contributed by atoms with Gasteiger partial charge >= 0.3 is 0 Å². The fraction of sp³-hybridized carbons (Fsp3) is 0.312. The van der Waals surface area contributed by atoms with Gasteiger partial charge in [-0.25, -0.2) is 4.39 Å². The zero-order valence-electron chi connectivity index (χ0n) is 12.2. The number of aromatic nitrogens is 2. The van der Waals surface area contributed by atoms with Gasteiger partial charge < -0.3 is 5.11 Å². The molecule has 0 saturated heterocycles. The lowest BCUT2D eigenvalue weighted by molar-refractivity contribution is 0.318. The average molecular weight is 287 g/mol. The Morgan fingerprint density at radius 1 is 1.29 bits per heavy atom. The maximum absolute atomic E-state index is 13.6. The normalized spacial score (nSPS) is 10.5. The van der Waals surface area contributed by atoms with Crippen LogP contribution < -0.4 is 0 Å². The molecule has 21 heavy (non-hydrogen) atoms. The molecule has 0 amide bonds. The van der Waals surface area contributed by atoms with E-state index in [1.165, 1.54) is 12.1 Å². The van der Waals surface area contributed by atoms with Crippen molar-refractivity contribution in [1.82, 2.24) is 14.7 Å². The first kappa shape index (κ1) is 15.2. The summed E-state index contributed by atoms with van der Waals surface area (Å²) in [5.74, 6) is 4.94. The largest absolute Gasteiger partial charge is 0.384 e. The van der Waals surface area contributed by atoms with Crippen LogP contribution in [0.4, 0.5) is 4.39 Å². The highest BCUT2D eigenvalue weighted by molar-refractivity contribution is 5.37. The molecule has 1 heterocycles. The number of aliphatic hydroxyl groups excluding tert-OH is 1. The molecule has 0 aliphatic carbocycles. The van der Waals surface area contributed by atoms with Gasteiger partial charge in [-0.05, 0) is 30.8 Å². The van der Waals surface area contributed by atoms with Gasteiger partial charge in [0.2, 0.25) is 0 Å². The Morgan fingerprint density at radius 2 is 2.05 bits per heavy atom. The highest BCUT2D eigenvalue weighted by Crippen LogP contribution is 2.12. The molecule has 1 aromatic heterocycles. The van der Waals surface area contributed by atoms with Crippen LogP contribution in [0.25, 0.3) is 0 Å². The molecular formula is C16H18FN3O. The zero-order chi connectivity index (χ0) is 15.2. The molecule has 0 radical (unpaired) electrons. The van der Waals surface area contributed by atoms with Gasteiger partial charge in [-0.2, -0.15) is 5.10 Å². The van der Waals surface area contributed by atoms with E-state index in [1.807, 2.05) is 32.6 Å². The molecule has 0 saturated carbocycles. The van der Waals surface area contributed by atoms with Crippen molar-refractivity contribution in [2.75, 3.05) is 13.7 Å². The quantitative estimate of drug-likeness (QED) is 0.867. The molecule has 110 valence electrons. The number of benzene rings is 1. The van der Waals surface area contributed by atoms with Crippen molar-refractivity contribution >= 4 is 0 Å². The van der Waals surface area contributed by atoms with E-state index in [-0.39, 0.29) is 12.4 Å². The standard InChI is InChI=1S/C16H18FN3O/c1-19(11-15-9-18-20(2)12-15)10-14-6-13(4-3-5-21)7-16(17)8-14/h6-9,12,21H,5,10-11H2,1-2H3. The fourth-order valence-corrected chi connectivity index (χ4v) is 2.19. The molecule has 0 unspecified atom stereocenters. The van der Waals surface area contributed by atoms with Gasteiger partial charge in [0.15, 0.2) is 0 Å². The Labute approximate surface area is 123 Å². The second kappa shape index (κ2) is 7.02. The summed E-state index contributed by atoms with van der Waals surface area (Å²) < 4.78 is 15.3. The number of hydrogen-bond donors (Lipinski definition) is 1. The third kappa shape index (κ3) is 4.71. The van der Waals surface area contributed by atoms with Crippen LogP contribution >= 0.6 is 0 Å². The van der Waals surface area contributed by atoms with Gasteiger partial charge in [0.1, 0.15) is 12.4 Å². The minimum atomic E-state index is -0.315. The predicted octanol–water partition coefficient (Wildman–Crippen LogP) is 1.53. The number of halogens is 1. The van der Waals surface area contributed by atoms with E-state index >= 15 is 0 Å². The number of nitrogens with zero attached hydrogens (tertiary/aromatic N) is 3. The lowest BCUT2D eigenvalue weighted by Gasteiger charge is -2.16. The average Bonchev–Trinajstić information content (AvgIpc) is 2.80. The van der Waals surface area contributed by atoms with Crippen LogP contribution in [0.2, 0.25) is 0 Å². The molecule has 2 rings (SSSR count). The van der Waals surface area contributed by atoms with E-state index in [4.69, 9.17) is 5.11 Å². The van der Waals surface area contributed by atoms with Gasteiger partial charge in [0.25, 0.3) is 0 Å². The molecule has 0 atom stereocenters. The van der Waals surface area contributed by atoms with Crippen LogP contribution in [0, 0.1) is 17.7 Å².